The molecule has 1 fully saturated rings. The van der Waals surface area contributed by atoms with E-state index >= 15 is 0 Å². The second-order valence-electron chi connectivity index (χ2n) is 4.47. The number of halogens is 1. The van der Waals surface area contributed by atoms with Gasteiger partial charge < -0.3 is 15.2 Å². The van der Waals surface area contributed by atoms with Crippen molar-refractivity contribution in [3.63, 3.8) is 0 Å². The number of carboxylic acids is 1. The highest BCUT2D eigenvalue weighted by Gasteiger charge is 2.40. The van der Waals surface area contributed by atoms with Gasteiger partial charge in [-0.05, 0) is 37.6 Å². The van der Waals surface area contributed by atoms with Crippen molar-refractivity contribution in [2.24, 2.45) is 0 Å². The predicted molar refractivity (Wildman–Crippen MR) is 71.9 cm³/mol. The molecule has 0 aromatic heterocycles. The summed E-state index contributed by atoms with van der Waals surface area (Å²) < 4.78 is 6.54. The summed E-state index contributed by atoms with van der Waals surface area (Å²) in [7, 11) is 0. The molecule has 0 amide bonds. The lowest BCUT2D eigenvalue weighted by Gasteiger charge is -2.24. The number of nitrogens with one attached hydrogen (secondary N) is 1. The summed E-state index contributed by atoms with van der Waals surface area (Å²) in [5.74, 6) is -0.0271. The summed E-state index contributed by atoms with van der Waals surface area (Å²) in [6.07, 6.45) is 2.06. The summed E-state index contributed by atoms with van der Waals surface area (Å²) in [5, 5.41) is 12.4. The molecule has 0 aliphatic carbocycles. The first-order valence-electron chi connectivity index (χ1n) is 5.99. The lowest BCUT2D eigenvalue weighted by Crippen LogP contribution is -2.48. The third-order valence-corrected chi connectivity index (χ3v) is 3.74. The molecule has 2 rings (SSSR count). The molecular weight excluding hydrogens is 298 g/mol. The number of benzene rings is 1. The third-order valence-electron chi connectivity index (χ3n) is 3.25. The number of ether oxygens (including phenoxy) is 1. The lowest BCUT2D eigenvalue weighted by atomic mass is 9.94. The van der Waals surface area contributed by atoms with E-state index < -0.39 is 11.5 Å². The molecular formula is C13H16BrNO3. The molecule has 98 valence electrons. The van der Waals surface area contributed by atoms with Gasteiger partial charge in [-0.2, -0.15) is 0 Å². The number of carboxylic acid groups (broad SMARTS) is 1. The van der Waals surface area contributed by atoms with Gasteiger partial charge in [0.1, 0.15) is 11.3 Å². The molecule has 2 N–H and O–H groups in total. The summed E-state index contributed by atoms with van der Waals surface area (Å²) in [5.41, 5.74) is -0.800. The normalized spacial score (nSPS) is 22.9. The zero-order valence-electron chi connectivity index (χ0n) is 9.99. The fourth-order valence-corrected chi connectivity index (χ4v) is 2.59. The first-order chi connectivity index (χ1) is 8.62. The van der Waals surface area contributed by atoms with Gasteiger partial charge >= 0.3 is 5.97 Å². The molecule has 1 aromatic rings. The lowest BCUT2D eigenvalue weighted by molar-refractivity contribution is -0.144. The van der Waals surface area contributed by atoms with Crippen LogP contribution in [0, 0.1) is 0 Å². The van der Waals surface area contributed by atoms with Crippen LogP contribution < -0.4 is 10.1 Å². The van der Waals surface area contributed by atoms with Crippen molar-refractivity contribution >= 4 is 21.9 Å². The zero-order chi connectivity index (χ0) is 13.0. The highest BCUT2D eigenvalue weighted by Crippen LogP contribution is 2.24. The van der Waals surface area contributed by atoms with E-state index in [2.05, 4.69) is 21.2 Å². The second kappa shape index (κ2) is 5.71. The summed E-state index contributed by atoms with van der Waals surface area (Å²) >= 11 is 3.37. The van der Waals surface area contributed by atoms with E-state index in [1.807, 2.05) is 24.3 Å². The van der Waals surface area contributed by atoms with Gasteiger partial charge in [-0.3, -0.25) is 4.79 Å². The average Bonchev–Trinajstić information content (AvgIpc) is 2.79. The Hall–Kier alpha value is -1.07. The van der Waals surface area contributed by atoms with Gasteiger partial charge in [-0.1, -0.05) is 22.0 Å². The molecule has 1 saturated heterocycles. The number of aliphatic carboxylic acids is 1. The summed E-state index contributed by atoms with van der Waals surface area (Å²) in [6.45, 7) is 1.17. The van der Waals surface area contributed by atoms with Crippen molar-refractivity contribution in [1.82, 2.24) is 5.32 Å². The van der Waals surface area contributed by atoms with Crippen LogP contribution in [0.2, 0.25) is 0 Å². The van der Waals surface area contributed by atoms with Crippen LogP contribution in [-0.4, -0.2) is 29.8 Å². The second-order valence-corrected chi connectivity index (χ2v) is 5.39. The number of hydrogen-bond acceptors (Lipinski definition) is 3. The van der Waals surface area contributed by atoms with Crippen LogP contribution in [0.3, 0.4) is 0 Å². The Balaban J connectivity index is 1.89. The molecule has 1 unspecified atom stereocenters. The van der Waals surface area contributed by atoms with Crippen LogP contribution in [0.15, 0.2) is 28.7 Å². The van der Waals surface area contributed by atoms with Crippen molar-refractivity contribution in [3.8, 4) is 5.75 Å². The third kappa shape index (κ3) is 3.03. The van der Waals surface area contributed by atoms with E-state index in [9.17, 15) is 9.90 Å². The van der Waals surface area contributed by atoms with Crippen molar-refractivity contribution in [1.29, 1.82) is 0 Å². The van der Waals surface area contributed by atoms with Gasteiger partial charge in [-0.15, -0.1) is 0 Å². The predicted octanol–water partition coefficient (Wildman–Crippen LogP) is 2.42. The largest absolute Gasteiger partial charge is 0.493 e. The fraction of sp³-hybridized carbons (Fsp3) is 0.462. The average molecular weight is 314 g/mol. The monoisotopic (exact) mass is 313 g/mol. The first kappa shape index (κ1) is 13.4. The first-order valence-corrected chi connectivity index (χ1v) is 6.78. The molecule has 1 aliphatic heterocycles. The summed E-state index contributed by atoms with van der Waals surface area (Å²) in [6, 6.07) is 7.54. The van der Waals surface area contributed by atoms with Crippen LogP contribution in [0.5, 0.6) is 5.75 Å². The maximum Gasteiger partial charge on any atom is 0.324 e. The van der Waals surface area contributed by atoms with E-state index in [-0.39, 0.29) is 0 Å². The van der Waals surface area contributed by atoms with E-state index in [4.69, 9.17) is 4.74 Å². The highest BCUT2D eigenvalue weighted by molar-refractivity contribution is 9.10. The molecule has 0 saturated carbocycles. The fourth-order valence-electron chi connectivity index (χ4n) is 2.21. The minimum atomic E-state index is -0.800. The van der Waals surface area contributed by atoms with Crippen molar-refractivity contribution in [3.05, 3.63) is 28.7 Å². The zero-order valence-corrected chi connectivity index (χ0v) is 11.6. The molecule has 1 heterocycles. The molecule has 5 heteroatoms. The molecule has 0 radical (unpaired) electrons. The topological polar surface area (TPSA) is 58.6 Å². The van der Waals surface area contributed by atoms with Gasteiger partial charge in [-0.25, -0.2) is 0 Å². The van der Waals surface area contributed by atoms with E-state index in [0.717, 1.165) is 23.2 Å². The van der Waals surface area contributed by atoms with Crippen molar-refractivity contribution in [2.75, 3.05) is 13.2 Å². The number of hydrogen-bond donors (Lipinski definition) is 2. The molecule has 0 spiro atoms. The number of rotatable bonds is 5. The molecule has 1 aromatic carbocycles. The SMILES string of the molecule is O=C(O)C1(CCOc2cccc(Br)c2)CCCN1. The van der Waals surface area contributed by atoms with Gasteiger partial charge in [0.25, 0.3) is 0 Å². The van der Waals surface area contributed by atoms with E-state index in [1.54, 1.807) is 0 Å². The Labute approximate surface area is 114 Å². The molecule has 1 aliphatic rings. The van der Waals surface area contributed by atoms with E-state index in [1.165, 1.54) is 0 Å². The Morgan fingerprint density at radius 1 is 1.56 bits per heavy atom. The van der Waals surface area contributed by atoms with Crippen molar-refractivity contribution < 1.29 is 14.6 Å². The van der Waals surface area contributed by atoms with Crippen LogP contribution in [-0.2, 0) is 4.79 Å². The number of carbonyl (C=O) groups is 1. The standard InChI is InChI=1S/C13H16BrNO3/c14-10-3-1-4-11(9-10)18-8-6-13(12(16)17)5-2-7-15-13/h1,3-4,9,15H,2,5-8H2,(H,16,17). The van der Waals surface area contributed by atoms with Gasteiger partial charge in [0.05, 0.1) is 6.61 Å². The molecule has 4 nitrogen and oxygen atoms in total. The highest BCUT2D eigenvalue weighted by atomic mass is 79.9. The quantitative estimate of drug-likeness (QED) is 0.876. The van der Waals surface area contributed by atoms with E-state index in [0.29, 0.717) is 19.4 Å². The van der Waals surface area contributed by atoms with Crippen LogP contribution >= 0.6 is 15.9 Å². The smallest absolute Gasteiger partial charge is 0.324 e. The Morgan fingerprint density at radius 3 is 3.00 bits per heavy atom. The van der Waals surface area contributed by atoms with Crippen molar-refractivity contribution in [2.45, 2.75) is 24.8 Å². The van der Waals surface area contributed by atoms with Gasteiger partial charge in [0.2, 0.25) is 0 Å². The van der Waals surface area contributed by atoms with Crippen LogP contribution in [0.4, 0.5) is 0 Å². The van der Waals surface area contributed by atoms with Crippen LogP contribution in [0.1, 0.15) is 19.3 Å². The van der Waals surface area contributed by atoms with Gasteiger partial charge in [0.15, 0.2) is 0 Å². The maximum absolute atomic E-state index is 11.3. The van der Waals surface area contributed by atoms with Gasteiger partial charge in [0, 0.05) is 10.9 Å². The minimum Gasteiger partial charge on any atom is -0.493 e. The summed E-state index contributed by atoms with van der Waals surface area (Å²) in [4.78, 5) is 11.3. The Bertz CT molecular complexity index is 430. The van der Waals surface area contributed by atoms with Crippen LogP contribution in [0.25, 0.3) is 0 Å². The minimum absolute atomic E-state index is 0.399. The molecule has 18 heavy (non-hydrogen) atoms. The molecule has 1 atom stereocenters. The maximum atomic E-state index is 11.3. The molecule has 0 bridgehead atoms. The Kier molecular flexibility index (Phi) is 4.24. The Morgan fingerprint density at radius 2 is 2.39 bits per heavy atom.